The molecule has 0 atom stereocenters. The van der Waals surface area contributed by atoms with Crippen LogP contribution in [0.15, 0.2) is 24.3 Å². The minimum Gasteiger partial charge on any atom is -0.497 e. The molecule has 0 aliphatic carbocycles. The molecule has 0 aliphatic rings. The van der Waals surface area contributed by atoms with E-state index in [9.17, 15) is 14.4 Å². The molecule has 0 saturated heterocycles. The Hall–Kier alpha value is -2.57. The van der Waals surface area contributed by atoms with E-state index in [2.05, 4.69) is 0 Å². The molecule has 1 aromatic rings. The lowest BCUT2D eigenvalue weighted by molar-refractivity contribution is -0.137. The standard InChI is InChI=1S/C14H17NO6/c1-21-11-4-2-3-10(9-11)14(20)15(7-5-12(16)17)8-6-13(18)19/h2-4,9H,5-8H2,1H3,(H,16,17)(H,18,19). The van der Waals surface area contributed by atoms with Crippen LogP contribution in [0.3, 0.4) is 0 Å². The van der Waals surface area contributed by atoms with Crippen LogP contribution in [-0.2, 0) is 9.59 Å². The molecule has 0 saturated carbocycles. The smallest absolute Gasteiger partial charge is 0.305 e. The molecule has 1 rings (SSSR count). The maximum atomic E-state index is 12.3. The lowest BCUT2D eigenvalue weighted by Crippen LogP contribution is -2.34. The Morgan fingerprint density at radius 1 is 1.10 bits per heavy atom. The van der Waals surface area contributed by atoms with Gasteiger partial charge in [0.25, 0.3) is 5.91 Å². The highest BCUT2D eigenvalue weighted by molar-refractivity contribution is 5.95. The Kier molecular flexibility index (Phi) is 6.19. The topological polar surface area (TPSA) is 104 Å². The number of hydrogen-bond donors (Lipinski definition) is 2. The summed E-state index contributed by atoms with van der Waals surface area (Å²) in [4.78, 5) is 34.8. The molecular weight excluding hydrogens is 278 g/mol. The fraction of sp³-hybridized carbons (Fsp3) is 0.357. The maximum absolute atomic E-state index is 12.3. The number of carbonyl (C=O) groups excluding carboxylic acids is 1. The molecule has 1 aromatic carbocycles. The van der Waals surface area contributed by atoms with Gasteiger partial charge in [-0.3, -0.25) is 14.4 Å². The van der Waals surface area contributed by atoms with Crippen molar-refractivity contribution in [1.29, 1.82) is 0 Å². The Labute approximate surface area is 121 Å². The van der Waals surface area contributed by atoms with Gasteiger partial charge in [0.1, 0.15) is 5.75 Å². The monoisotopic (exact) mass is 295 g/mol. The molecule has 21 heavy (non-hydrogen) atoms. The summed E-state index contributed by atoms with van der Waals surface area (Å²) in [6.45, 7) is -0.0860. The molecule has 0 aromatic heterocycles. The molecule has 0 spiro atoms. The van der Waals surface area contributed by atoms with Crippen molar-refractivity contribution in [3.63, 3.8) is 0 Å². The van der Waals surface area contributed by atoms with Gasteiger partial charge < -0.3 is 19.8 Å². The molecule has 0 bridgehead atoms. The molecule has 7 heteroatoms. The first-order chi connectivity index (χ1) is 9.93. The summed E-state index contributed by atoms with van der Waals surface area (Å²) in [5.74, 6) is -2.02. The lowest BCUT2D eigenvalue weighted by atomic mass is 10.1. The largest absolute Gasteiger partial charge is 0.497 e. The van der Waals surface area contributed by atoms with E-state index in [1.807, 2.05) is 0 Å². The van der Waals surface area contributed by atoms with Crippen molar-refractivity contribution < 1.29 is 29.3 Å². The zero-order valence-corrected chi connectivity index (χ0v) is 11.6. The fourth-order valence-corrected chi connectivity index (χ4v) is 1.71. The average Bonchev–Trinajstić information content (AvgIpc) is 2.46. The highest BCUT2D eigenvalue weighted by Crippen LogP contribution is 2.15. The number of benzene rings is 1. The molecule has 0 heterocycles. The number of carboxylic acid groups (broad SMARTS) is 2. The van der Waals surface area contributed by atoms with E-state index < -0.39 is 17.8 Å². The van der Waals surface area contributed by atoms with Gasteiger partial charge in [-0.2, -0.15) is 0 Å². The molecule has 7 nitrogen and oxygen atoms in total. The molecule has 114 valence electrons. The summed E-state index contributed by atoms with van der Waals surface area (Å²) in [6.07, 6.45) is -0.481. The molecular formula is C14H17NO6. The first kappa shape index (κ1) is 16.5. The number of aliphatic carboxylic acids is 2. The van der Waals surface area contributed by atoms with Gasteiger partial charge in [-0.25, -0.2) is 0 Å². The Balaban J connectivity index is 2.85. The van der Waals surface area contributed by atoms with Crippen LogP contribution in [0.25, 0.3) is 0 Å². The summed E-state index contributed by atoms with van der Waals surface area (Å²) in [5.41, 5.74) is 0.324. The van der Waals surface area contributed by atoms with Crippen molar-refractivity contribution >= 4 is 17.8 Å². The van der Waals surface area contributed by atoms with Crippen LogP contribution in [0.4, 0.5) is 0 Å². The van der Waals surface area contributed by atoms with Crippen LogP contribution in [0.2, 0.25) is 0 Å². The van der Waals surface area contributed by atoms with Gasteiger partial charge in [0.05, 0.1) is 20.0 Å². The Bertz CT molecular complexity index is 510. The third-order valence-electron chi connectivity index (χ3n) is 2.80. The fourth-order valence-electron chi connectivity index (χ4n) is 1.71. The van der Waals surface area contributed by atoms with Gasteiger partial charge in [0.15, 0.2) is 0 Å². The highest BCUT2D eigenvalue weighted by Gasteiger charge is 2.18. The van der Waals surface area contributed by atoms with Gasteiger partial charge in [-0.05, 0) is 18.2 Å². The molecule has 2 N–H and O–H groups in total. The van der Waals surface area contributed by atoms with E-state index in [-0.39, 0.29) is 25.9 Å². The second-order valence-corrected chi connectivity index (χ2v) is 4.31. The number of carbonyl (C=O) groups is 3. The SMILES string of the molecule is COc1cccc(C(=O)N(CCC(=O)O)CCC(=O)O)c1. The predicted molar refractivity (Wildman–Crippen MR) is 73.4 cm³/mol. The van der Waals surface area contributed by atoms with E-state index in [1.54, 1.807) is 18.2 Å². The van der Waals surface area contributed by atoms with Crippen molar-refractivity contribution in [2.24, 2.45) is 0 Å². The molecule has 0 radical (unpaired) electrons. The average molecular weight is 295 g/mol. The molecule has 0 aliphatic heterocycles. The summed E-state index contributed by atoms with van der Waals surface area (Å²) in [7, 11) is 1.47. The minimum absolute atomic E-state index is 0.0430. The second-order valence-electron chi connectivity index (χ2n) is 4.31. The predicted octanol–water partition coefficient (Wildman–Crippen LogP) is 1.09. The number of methoxy groups -OCH3 is 1. The zero-order valence-electron chi connectivity index (χ0n) is 11.6. The van der Waals surface area contributed by atoms with E-state index in [0.717, 1.165) is 0 Å². The normalized spacial score (nSPS) is 9.95. The van der Waals surface area contributed by atoms with Crippen molar-refractivity contribution in [2.45, 2.75) is 12.8 Å². The van der Waals surface area contributed by atoms with Crippen molar-refractivity contribution in [3.05, 3.63) is 29.8 Å². The number of ether oxygens (including phenoxy) is 1. The van der Waals surface area contributed by atoms with Crippen LogP contribution in [0.5, 0.6) is 5.75 Å². The van der Waals surface area contributed by atoms with E-state index in [0.29, 0.717) is 11.3 Å². The molecule has 1 amide bonds. The van der Waals surface area contributed by atoms with Crippen LogP contribution in [0.1, 0.15) is 23.2 Å². The minimum atomic E-state index is -1.05. The van der Waals surface area contributed by atoms with Crippen molar-refractivity contribution in [3.8, 4) is 5.75 Å². The number of rotatable bonds is 8. The summed E-state index contributed by atoms with van der Waals surface area (Å²) in [5, 5.41) is 17.4. The lowest BCUT2D eigenvalue weighted by Gasteiger charge is -2.21. The van der Waals surface area contributed by atoms with Gasteiger partial charge in [0.2, 0.25) is 0 Å². The zero-order chi connectivity index (χ0) is 15.8. The Morgan fingerprint density at radius 2 is 1.67 bits per heavy atom. The first-order valence-electron chi connectivity index (χ1n) is 6.31. The van der Waals surface area contributed by atoms with Gasteiger partial charge >= 0.3 is 11.9 Å². The third-order valence-corrected chi connectivity index (χ3v) is 2.80. The van der Waals surface area contributed by atoms with Crippen LogP contribution < -0.4 is 4.74 Å². The molecule has 0 unspecified atom stereocenters. The van der Waals surface area contributed by atoms with E-state index in [1.165, 1.54) is 18.1 Å². The second kappa shape index (κ2) is 7.88. The third kappa shape index (κ3) is 5.52. The summed E-state index contributed by atoms with van der Waals surface area (Å²) >= 11 is 0. The highest BCUT2D eigenvalue weighted by atomic mass is 16.5. The quantitative estimate of drug-likeness (QED) is 0.744. The van der Waals surface area contributed by atoms with Crippen LogP contribution >= 0.6 is 0 Å². The summed E-state index contributed by atoms with van der Waals surface area (Å²) < 4.78 is 5.02. The van der Waals surface area contributed by atoms with Gasteiger partial charge in [-0.15, -0.1) is 0 Å². The van der Waals surface area contributed by atoms with Gasteiger partial charge in [-0.1, -0.05) is 6.07 Å². The van der Waals surface area contributed by atoms with Crippen molar-refractivity contribution in [2.75, 3.05) is 20.2 Å². The van der Waals surface area contributed by atoms with E-state index >= 15 is 0 Å². The number of nitrogens with zero attached hydrogens (tertiary/aromatic N) is 1. The van der Waals surface area contributed by atoms with Crippen LogP contribution in [0, 0.1) is 0 Å². The van der Waals surface area contributed by atoms with Crippen molar-refractivity contribution in [1.82, 2.24) is 4.90 Å². The number of hydrogen-bond acceptors (Lipinski definition) is 4. The Morgan fingerprint density at radius 3 is 2.14 bits per heavy atom. The summed E-state index contributed by atoms with van der Waals surface area (Å²) in [6, 6.07) is 6.41. The number of carboxylic acids is 2. The number of amides is 1. The van der Waals surface area contributed by atoms with E-state index in [4.69, 9.17) is 14.9 Å². The maximum Gasteiger partial charge on any atom is 0.305 e. The van der Waals surface area contributed by atoms with Crippen LogP contribution in [-0.4, -0.2) is 53.2 Å². The van der Waals surface area contributed by atoms with Gasteiger partial charge in [0, 0.05) is 18.7 Å². The molecule has 0 fully saturated rings. The first-order valence-corrected chi connectivity index (χ1v) is 6.31.